The smallest absolute Gasteiger partial charge is 0.319 e. The first-order valence-electron chi connectivity index (χ1n) is 9.38. The SMILES string of the molecule is O=C(Nc1ccc(F)cc1)NC1CCN(C(=O)C2CC23CCNCC3)C1. The van der Waals surface area contributed by atoms with Crippen molar-refractivity contribution < 1.29 is 14.0 Å². The molecule has 3 N–H and O–H groups in total. The van der Waals surface area contributed by atoms with Crippen molar-refractivity contribution in [2.45, 2.75) is 31.7 Å². The lowest BCUT2D eigenvalue weighted by Crippen LogP contribution is -2.41. The van der Waals surface area contributed by atoms with Crippen LogP contribution in [0, 0.1) is 17.2 Å². The Bertz CT molecular complexity index is 687. The van der Waals surface area contributed by atoms with Crippen LogP contribution in [0.4, 0.5) is 14.9 Å². The number of hydrogen-bond donors (Lipinski definition) is 3. The molecule has 1 aromatic rings. The second-order valence-electron chi connectivity index (χ2n) is 7.74. The molecule has 1 aliphatic carbocycles. The van der Waals surface area contributed by atoms with Gasteiger partial charge in [-0.2, -0.15) is 0 Å². The van der Waals surface area contributed by atoms with Gasteiger partial charge in [-0.15, -0.1) is 0 Å². The zero-order chi connectivity index (χ0) is 18.1. The topological polar surface area (TPSA) is 73.5 Å². The maximum Gasteiger partial charge on any atom is 0.319 e. The standard InChI is InChI=1S/C19H25FN4O2/c20-13-1-3-14(4-2-13)22-18(26)23-15-5-10-24(12-15)17(25)16-11-19(16)6-8-21-9-7-19/h1-4,15-16,21H,5-12H2,(H2,22,23,26). The molecule has 2 atom stereocenters. The third-order valence-electron chi connectivity index (χ3n) is 6.02. The van der Waals surface area contributed by atoms with E-state index in [4.69, 9.17) is 0 Å². The average molecular weight is 360 g/mol. The van der Waals surface area contributed by atoms with Crippen LogP contribution in [0.2, 0.25) is 0 Å². The van der Waals surface area contributed by atoms with E-state index in [0.29, 0.717) is 18.8 Å². The van der Waals surface area contributed by atoms with E-state index in [9.17, 15) is 14.0 Å². The molecule has 0 bridgehead atoms. The molecule has 7 heteroatoms. The number of piperidine rings is 1. The molecule has 2 saturated heterocycles. The quantitative estimate of drug-likeness (QED) is 0.771. The largest absolute Gasteiger partial charge is 0.340 e. The van der Waals surface area contributed by atoms with Crippen LogP contribution in [0.1, 0.15) is 25.7 Å². The summed E-state index contributed by atoms with van der Waals surface area (Å²) in [4.78, 5) is 26.8. The van der Waals surface area contributed by atoms with Crippen LogP contribution in [0.3, 0.4) is 0 Å². The summed E-state index contributed by atoms with van der Waals surface area (Å²) < 4.78 is 12.9. The monoisotopic (exact) mass is 360 g/mol. The zero-order valence-corrected chi connectivity index (χ0v) is 14.8. The number of benzene rings is 1. The van der Waals surface area contributed by atoms with E-state index in [0.717, 1.165) is 38.8 Å². The Hall–Kier alpha value is -2.15. The Balaban J connectivity index is 1.25. The number of nitrogens with one attached hydrogen (secondary N) is 3. The Kier molecular flexibility index (Phi) is 4.56. The van der Waals surface area contributed by atoms with E-state index >= 15 is 0 Å². The van der Waals surface area contributed by atoms with Crippen molar-refractivity contribution in [3.63, 3.8) is 0 Å². The summed E-state index contributed by atoms with van der Waals surface area (Å²) >= 11 is 0. The minimum atomic E-state index is -0.340. The molecule has 3 aliphatic rings. The Labute approximate surface area is 152 Å². The number of carbonyl (C=O) groups is 2. The second kappa shape index (κ2) is 6.87. The van der Waals surface area contributed by atoms with Crippen LogP contribution in [-0.2, 0) is 4.79 Å². The summed E-state index contributed by atoms with van der Waals surface area (Å²) in [5, 5.41) is 8.97. The molecule has 0 aromatic heterocycles. The van der Waals surface area contributed by atoms with E-state index in [1.54, 1.807) is 0 Å². The van der Waals surface area contributed by atoms with Gasteiger partial charge in [0, 0.05) is 30.7 Å². The lowest BCUT2D eigenvalue weighted by molar-refractivity contribution is -0.132. The predicted octanol–water partition coefficient (Wildman–Crippen LogP) is 1.94. The number of halogens is 1. The van der Waals surface area contributed by atoms with Crippen molar-refractivity contribution >= 4 is 17.6 Å². The van der Waals surface area contributed by atoms with Gasteiger partial charge in [0.05, 0.1) is 0 Å². The van der Waals surface area contributed by atoms with Gasteiger partial charge < -0.3 is 20.9 Å². The van der Waals surface area contributed by atoms with Gasteiger partial charge in [-0.05, 0) is 68.5 Å². The highest BCUT2D eigenvalue weighted by atomic mass is 19.1. The fraction of sp³-hybridized carbons (Fsp3) is 0.579. The van der Waals surface area contributed by atoms with Crippen LogP contribution in [-0.4, -0.2) is 49.1 Å². The van der Waals surface area contributed by atoms with E-state index in [1.807, 2.05) is 4.90 Å². The molecular formula is C19H25FN4O2. The number of anilines is 1. The van der Waals surface area contributed by atoms with Gasteiger partial charge in [-0.3, -0.25) is 4.79 Å². The van der Waals surface area contributed by atoms with Gasteiger partial charge in [0.2, 0.25) is 5.91 Å². The molecule has 2 unspecified atom stereocenters. The molecule has 2 aliphatic heterocycles. The molecule has 4 rings (SSSR count). The van der Waals surface area contributed by atoms with E-state index < -0.39 is 0 Å². The molecule has 0 radical (unpaired) electrons. The Morgan fingerprint density at radius 3 is 2.65 bits per heavy atom. The van der Waals surface area contributed by atoms with Gasteiger partial charge in [-0.25, -0.2) is 9.18 Å². The normalized spacial score (nSPS) is 26.6. The highest BCUT2D eigenvalue weighted by Gasteiger charge is 2.58. The predicted molar refractivity (Wildman–Crippen MR) is 96.2 cm³/mol. The molecule has 2 heterocycles. The highest BCUT2D eigenvalue weighted by molar-refractivity contribution is 5.89. The third-order valence-corrected chi connectivity index (χ3v) is 6.02. The average Bonchev–Trinajstić information content (AvgIpc) is 3.11. The first-order chi connectivity index (χ1) is 12.6. The minimum absolute atomic E-state index is 0.0397. The maximum absolute atomic E-state index is 12.9. The zero-order valence-electron chi connectivity index (χ0n) is 14.8. The molecule has 26 heavy (non-hydrogen) atoms. The lowest BCUT2D eigenvalue weighted by Gasteiger charge is -2.25. The first-order valence-corrected chi connectivity index (χ1v) is 9.38. The summed E-state index contributed by atoms with van der Waals surface area (Å²) in [6, 6.07) is 5.28. The Morgan fingerprint density at radius 2 is 1.92 bits per heavy atom. The van der Waals surface area contributed by atoms with Crippen molar-refractivity contribution in [2.24, 2.45) is 11.3 Å². The van der Waals surface area contributed by atoms with E-state index in [-0.39, 0.29) is 35.1 Å². The van der Waals surface area contributed by atoms with Gasteiger partial charge >= 0.3 is 6.03 Å². The summed E-state index contributed by atoms with van der Waals surface area (Å²) in [7, 11) is 0. The van der Waals surface area contributed by atoms with Gasteiger partial charge in [0.1, 0.15) is 5.82 Å². The Morgan fingerprint density at radius 1 is 1.19 bits per heavy atom. The molecular weight excluding hydrogens is 335 g/mol. The fourth-order valence-electron chi connectivity index (χ4n) is 4.36. The molecule has 3 amide bonds. The summed E-state index contributed by atoms with van der Waals surface area (Å²) in [6.07, 6.45) is 3.98. The van der Waals surface area contributed by atoms with Gasteiger partial charge in [-0.1, -0.05) is 0 Å². The van der Waals surface area contributed by atoms with Crippen LogP contribution in [0.5, 0.6) is 0 Å². The first kappa shape index (κ1) is 17.3. The van der Waals surface area contributed by atoms with Crippen molar-refractivity contribution in [2.75, 3.05) is 31.5 Å². The number of likely N-dealkylation sites (tertiary alicyclic amines) is 1. The van der Waals surface area contributed by atoms with Crippen LogP contribution in [0.15, 0.2) is 24.3 Å². The van der Waals surface area contributed by atoms with Crippen molar-refractivity contribution in [1.82, 2.24) is 15.5 Å². The van der Waals surface area contributed by atoms with Gasteiger partial charge in [0.15, 0.2) is 0 Å². The number of carbonyl (C=O) groups excluding carboxylic acids is 2. The van der Waals surface area contributed by atoms with E-state index in [2.05, 4.69) is 16.0 Å². The third kappa shape index (κ3) is 3.53. The molecule has 1 spiro atoms. The van der Waals surface area contributed by atoms with Crippen molar-refractivity contribution in [3.8, 4) is 0 Å². The number of amides is 3. The lowest BCUT2D eigenvalue weighted by atomic mass is 9.91. The molecule has 1 saturated carbocycles. The minimum Gasteiger partial charge on any atom is -0.340 e. The van der Waals surface area contributed by atoms with Crippen LogP contribution in [0.25, 0.3) is 0 Å². The van der Waals surface area contributed by atoms with Crippen molar-refractivity contribution in [3.05, 3.63) is 30.1 Å². The summed E-state index contributed by atoms with van der Waals surface area (Å²) in [5.41, 5.74) is 0.786. The summed E-state index contributed by atoms with van der Waals surface area (Å²) in [6.45, 7) is 3.29. The van der Waals surface area contributed by atoms with Crippen LogP contribution < -0.4 is 16.0 Å². The number of rotatable bonds is 3. The number of urea groups is 1. The number of hydrogen-bond acceptors (Lipinski definition) is 3. The van der Waals surface area contributed by atoms with Crippen molar-refractivity contribution in [1.29, 1.82) is 0 Å². The van der Waals surface area contributed by atoms with E-state index in [1.165, 1.54) is 24.3 Å². The molecule has 1 aromatic carbocycles. The molecule has 140 valence electrons. The molecule has 6 nitrogen and oxygen atoms in total. The molecule has 3 fully saturated rings. The fourth-order valence-corrected chi connectivity index (χ4v) is 4.36. The van der Waals surface area contributed by atoms with Crippen LogP contribution >= 0.6 is 0 Å². The maximum atomic E-state index is 12.9. The number of nitrogens with zero attached hydrogens (tertiary/aromatic N) is 1. The highest BCUT2D eigenvalue weighted by Crippen LogP contribution is 2.59. The van der Waals surface area contributed by atoms with Gasteiger partial charge in [0.25, 0.3) is 0 Å². The summed E-state index contributed by atoms with van der Waals surface area (Å²) in [5.74, 6) is 0.0963. The second-order valence-corrected chi connectivity index (χ2v) is 7.74.